The van der Waals surface area contributed by atoms with E-state index >= 15 is 0 Å². The van der Waals surface area contributed by atoms with Crippen LogP contribution in [0.3, 0.4) is 0 Å². The average molecular weight is 454 g/mol. The van der Waals surface area contributed by atoms with Gasteiger partial charge in [0.15, 0.2) is 5.96 Å². The first-order chi connectivity index (χ1) is 10.4. The second kappa shape index (κ2) is 10.8. The first-order valence-corrected chi connectivity index (χ1v) is 8.84. The van der Waals surface area contributed by atoms with E-state index in [1.807, 2.05) is 0 Å². The first-order valence-electron chi connectivity index (χ1n) is 7.36. The predicted octanol–water partition coefficient (Wildman–Crippen LogP) is 1.92. The van der Waals surface area contributed by atoms with Gasteiger partial charge in [0.05, 0.1) is 4.90 Å². The summed E-state index contributed by atoms with van der Waals surface area (Å²) in [4.78, 5) is 4.42. The molecule has 0 aliphatic carbocycles. The molecule has 0 aliphatic rings. The van der Waals surface area contributed by atoms with E-state index in [4.69, 9.17) is 0 Å². The van der Waals surface area contributed by atoms with Gasteiger partial charge in [0, 0.05) is 20.1 Å². The number of guanidine groups is 1. The van der Waals surface area contributed by atoms with Crippen LogP contribution in [-0.4, -0.2) is 35.0 Å². The fraction of sp³-hybridized carbons (Fsp3) is 0.533. The number of aliphatic imine (C=N–C) groups is 1. The van der Waals surface area contributed by atoms with Crippen molar-refractivity contribution in [2.75, 3.05) is 20.6 Å². The Balaban J connectivity index is 0.00000484. The van der Waals surface area contributed by atoms with Gasteiger partial charge >= 0.3 is 0 Å². The Labute approximate surface area is 156 Å². The number of benzene rings is 1. The smallest absolute Gasteiger partial charge is 0.240 e. The summed E-state index contributed by atoms with van der Waals surface area (Å²) in [6.45, 7) is 5.81. The van der Waals surface area contributed by atoms with E-state index in [0.29, 0.717) is 12.5 Å². The molecule has 0 fully saturated rings. The van der Waals surface area contributed by atoms with Crippen molar-refractivity contribution < 1.29 is 8.42 Å². The zero-order valence-corrected chi connectivity index (χ0v) is 17.2. The highest BCUT2D eigenvalue weighted by Crippen LogP contribution is 2.09. The molecule has 1 aromatic carbocycles. The van der Waals surface area contributed by atoms with Crippen LogP contribution in [0.2, 0.25) is 0 Å². The minimum atomic E-state index is -3.38. The second-order valence-corrected chi connectivity index (χ2v) is 7.27. The molecule has 0 radical (unpaired) electrons. The summed E-state index contributed by atoms with van der Waals surface area (Å²) in [6, 6.07) is 6.77. The lowest BCUT2D eigenvalue weighted by atomic mass is 10.1. The Morgan fingerprint density at radius 2 is 1.78 bits per heavy atom. The van der Waals surface area contributed by atoms with Crippen LogP contribution in [0.4, 0.5) is 0 Å². The lowest BCUT2D eigenvalue weighted by Crippen LogP contribution is -2.37. The summed E-state index contributed by atoms with van der Waals surface area (Å²) < 4.78 is 25.6. The van der Waals surface area contributed by atoms with Crippen LogP contribution in [0.15, 0.2) is 34.2 Å². The Kier molecular flexibility index (Phi) is 10.4. The quantitative estimate of drug-likeness (QED) is 0.334. The Morgan fingerprint density at radius 1 is 1.17 bits per heavy atom. The third kappa shape index (κ3) is 7.98. The fourth-order valence-corrected chi connectivity index (χ4v) is 2.52. The van der Waals surface area contributed by atoms with Gasteiger partial charge in [0.1, 0.15) is 0 Å². The van der Waals surface area contributed by atoms with E-state index in [1.54, 1.807) is 31.3 Å². The third-order valence-electron chi connectivity index (χ3n) is 3.20. The van der Waals surface area contributed by atoms with Gasteiger partial charge in [-0.05, 0) is 37.1 Å². The molecule has 1 rings (SSSR count). The van der Waals surface area contributed by atoms with Gasteiger partial charge < -0.3 is 10.6 Å². The van der Waals surface area contributed by atoms with Crippen LogP contribution in [0.25, 0.3) is 0 Å². The van der Waals surface area contributed by atoms with Crippen molar-refractivity contribution >= 4 is 40.0 Å². The van der Waals surface area contributed by atoms with Crippen molar-refractivity contribution in [2.45, 2.75) is 31.7 Å². The maximum atomic E-state index is 11.6. The predicted molar refractivity (Wildman–Crippen MR) is 106 cm³/mol. The van der Waals surface area contributed by atoms with Gasteiger partial charge in [-0.3, -0.25) is 4.99 Å². The van der Waals surface area contributed by atoms with Gasteiger partial charge in [0.25, 0.3) is 0 Å². The number of sulfonamides is 1. The SMILES string of the molecule is CN=C(NCCC(C)C)NCc1ccc(S(=O)(=O)NC)cc1.I. The Morgan fingerprint density at radius 3 is 2.26 bits per heavy atom. The number of hydrogen-bond donors (Lipinski definition) is 3. The van der Waals surface area contributed by atoms with E-state index in [1.165, 1.54) is 7.05 Å². The normalized spacial score (nSPS) is 12.0. The molecule has 0 spiro atoms. The van der Waals surface area contributed by atoms with Gasteiger partial charge in [-0.15, -0.1) is 24.0 Å². The highest BCUT2D eigenvalue weighted by Gasteiger charge is 2.10. The number of halogens is 1. The van der Waals surface area contributed by atoms with Gasteiger partial charge in [-0.2, -0.15) is 0 Å². The molecule has 0 aliphatic heterocycles. The van der Waals surface area contributed by atoms with Gasteiger partial charge in [-0.1, -0.05) is 26.0 Å². The summed E-state index contributed by atoms with van der Waals surface area (Å²) >= 11 is 0. The van der Waals surface area contributed by atoms with Crippen LogP contribution in [0.5, 0.6) is 0 Å². The fourth-order valence-electron chi connectivity index (χ4n) is 1.79. The molecule has 0 bridgehead atoms. The van der Waals surface area contributed by atoms with Crippen molar-refractivity contribution in [1.82, 2.24) is 15.4 Å². The Bertz CT molecular complexity index is 586. The molecule has 0 saturated heterocycles. The maximum absolute atomic E-state index is 11.6. The number of nitrogens with one attached hydrogen (secondary N) is 3. The van der Waals surface area contributed by atoms with E-state index in [9.17, 15) is 8.42 Å². The van der Waals surface area contributed by atoms with E-state index in [0.717, 1.165) is 24.5 Å². The molecule has 0 heterocycles. The monoisotopic (exact) mass is 454 g/mol. The number of rotatable bonds is 7. The molecule has 0 unspecified atom stereocenters. The molecule has 6 nitrogen and oxygen atoms in total. The standard InChI is InChI=1S/C15H26N4O2S.HI/c1-12(2)9-10-18-15(16-3)19-11-13-5-7-14(8-6-13)22(20,21)17-4;/h5-8,12,17H,9-11H2,1-4H3,(H2,16,18,19);1H. The molecular weight excluding hydrogens is 427 g/mol. The lowest BCUT2D eigenvalue weighted by Gasteiger charge is -2.13. The summed E-state index contributed by atoms with van der Waals surface area (Å²) in [5.74, 6) is 1.39. The molecule has 0 atom stereocenters. The minimum Gasteiger partial charge on any atom is -0.356 e. The Hall–Kier alpha value is -0.870. The lowest BCUT2D eigenvalue weighted by molar-refractivity contribution is 0.573. The molecular formula is C15H27IN4O2S. The van der Waals surface area contributed by atoms with E-state index < -0.39 is 10.0 Å². The summed E-state index contributed by atoms with van der Waals surface area (Å²) in [7, 11) is -0.248. The first kappa shape index (κ1) is 22.1. The van der Waals surface area contributed by atoms with Crippen LogP contribution >= 0.6 is 24.0 Å². The van der Waals surface area contributed by atoms with Crippen molar-refractivity contribution in [3.8, 4) is 0 Å². The summed E-state index contributed by atoms with van der Waals surface area (Å²) in [5.41, 5.74) is 0.988. The highest BCUT2D eigenvalue weighted by atomic mass is 127. The molecule has 132 valence electrons. The molecule has 0 saturated carbocycles. The van der Waals surface area contributed by atoms with Gasteiger partial charge in [-0.25, -0.2) is 13.1 Å². The molecule has 0 amide bonds. The van der Waals surface area contributed by atoms with Gasteiger partial charge in [0.2, 0.25) is 10.0 Å². The number of nitrogens with zero attached hydrogens (tertiary/aromatic N) is 1. The van der Waals surface area contributed by atoms with Crippen molar-refractivity contribution in [3.63, 3.8) is 0 Å². The molecule has 1 aromatic rings. The van der Waals surface area contributed by atoms with Crippen molar-refractivity contribution in [1.29, 1.82) is 0 Å². The third-order valence-corrected chi connectivity index (χ3v) is 4.63. The maximum Gasteiger partial charge on any atom is 0.240 e. The highest BCUT2D eigenvalue weighted by molar-refractivity contribution is 14.0. The van der Waals surface area contributed by atoms with Crippen molar-refractivity contribution in [3.05, 3.63) is 29.8 Å². The molecule has 23 heavy (non-hydrogen) atoms. The molecule has 8 heteroatoms. The van der Waals surface area contributed by atoms with Crippen LogP contribution in [0, 0.1) is 5.92 Å². The molecule has 3 N–H and O–H groups in total. The minimum absolute atomic E-state index is 0. The summed E-state index contributed by atoms with van der Waals surface area (Å²) in [5, 5.41) is 6.45. The van der Waals surface area contributed by atoms with E-state index in [-0.39, 0.29) is 28.9 Å². The molecule has 0 aromatic heterocycles. The zero-order valence-electron chi connectivity index (χ0n) is 14.1. The zero-order chi connectivity index (χ0) is 16.6. The average Bonchev–Trinajstić information content (AvgIpc) is 2.50. The number of hydrogen-bond acceptors (Lipinski definition) is 3. The van der Waals surface area contributed by atoms with Crippen molar-refractivity contribution in [2.24, 2.45) is 10.9 Å². The van der Waals surface area contributed by atoms with Crippen LogP contribution in [-0.2, 0) is 16.6 Å². The van der Waals surface area contributed by atoms with E-state index in [2.05, 4.69) is 34.2 Å². The summed E-state index contributed by atoms with van der Waals surface area (Å²) in [6.07, 6.45) is 1.08. The van der Waals surface area contributed by atoms with Crippen LogP contribution < -0.4 is 15.4 Å². The van der Waals surface area contributed by atoms with Crippen LogP contribution in [0.1, 0.15) is 25.8 Å². The second-order valence-electron chi connectivity index (χ2n) is 5.39. The largest absolute Gasteiger partial charge is 0.356 e. The topological polar surface area (TPSA) is 82.6 Å².